The minimum absolute atomic E-state index is 0.459. The Hall–Kier alpha value is -0.280. The van der Waals surface area contributed by atoms with Crippen molar-refractivity contribution < 1.29 is 9.15 Å². The van der Waals surface area contributed by atoms with Crippen molar-refractivity contribution in [3.05, 3.63) is 22.6 Å². The van der Waals surface area contributed by atoms with Gasteiger partial charge >= 0.3 is 0 Å². The van der Waals surface area contributed by atoms with E-state index < -0.39 is 0 Å². The zero-order chi connectivity index (χ0) is 10.5. The van der Waals surface area contributed by atoms with Gasteiger partial charge in [0.1, 0.15) is 0 Å². The van der Waals surface area contributed by atoms with E-state index in [2.05, 4.69) is 15.9 Å². The summed E-state index contributed by atoms with van der Waals surface area (Å²) in [5.41, 5.74) is 1.12. The SMILES string of the molecule is Brc1cc(COC2CCCCCC2)co1. The highest BCUT2D eigenvalue weighted by molar-refractivity contribution is 9.10. The fraction of sp³-hybridized carbons (Fsp3) is 0.667. The maximum absolute atomic E-state index is 5.88. The van der Waals surface area contributed by atoms with Crippen LogP contribution in [0.25, 0.3) is 0 Å². The largest absolute Gasteiger partial charge is 0.457 e. The van der Waals surface area contributed by atoms with Crippen molar-refractivity contribution in [1.82, 2.24) is 0 Å². The molecule has 1 heterocycles. The van der Waals surface area contributed by atoms with Crippen LogP contribution in [-0.2, 0) is 11.3 Å². The molecule has 0 N–H and O–H groups in total. The van der Waals surface area contributed by atoms with Crippen molar-refractivity contribution >= 4 is 15.9 Å². The van der Waals surface area contributed by atoms with E-state index in [1.807, 2.05) is 6.07 Å². The lowest BCUT2D eigenvalue weighted by atomic mass is 10.1. The molecule has 15 heavy (non-hydrogen) atoms. The number of rotatable bonds is 3. The van der Waals surface area contributed by atoms with Gasteiger partial charge in [-0.25, -0.2) is 0 Å². The standard InChI is InChI=1S/C12H17BrO2/c13-12-7-10(9-15-12)8-14-11-5-3-1-2-4-6-11/h7,9,11H,1-6,8H2. The molecule has 1 saturated carbocycles. The Labute approximate surface area is 99.1 Å². The molecule has 0 saturated heterocycles. The van der Waals surface area contributed by atoms with Gasteiger partial charge in [0.2, 0.25) is 0 Å². The highest BCUT2D eigenvalue weighted by Gasteiger charge is 2.12. The molecule has 0 unspecified atom stereocenters. The first kappa shape index (κ1) is 11.2. The molecule has 0 amide bonds. The molecule has 1 fully saturated rings. The molecule has 0 spiro atoms. The summed E-state index contributed by atoms with van der Waals surface area (Å²) in [7, 11) is 0. The maximum atomic E-state index is 5.88. The Morgan fingerprint density at radius 2 is 2.00 bits per heavy atom. The summed E-state index contributed by atoms with van der Waals surface area (Å²) in [5, 5.41) is 0. The lowest BCUT2D eigenvalue weighted by molar-refractivity contribution is 0.0307. The van der Waals surface area contributed by atoms with E-state index in [1.54, 1.807) is 6.26 Å². The van der Waals surface area contributed by atoms with E-state index >= 15 is 0 Å². The molecule has 1 aliphatic rings. The van der Waals surface area contributed by atoms with Crippen molar-refractivity contribution in [1.29, 1.82) is 0 Å². The third-order valence-electron chi connectivity index (χ3n) is 2.91. The molecule has 0 bridgehead atoms. The van der Waals surface area contributed by atoms with Crippen LogP contribution < -0.4 is 0 Å². The summed E-state index contributed by atoms with van der Waals surface area (Å²) in [5.74, 6) is 0. The fourth-order valence-corrected chi connectivity index (χ4v) is 2.43. The lowest BCUT2D eigenvalue weighted by Crippen LogP contribution is -2.11. The highest BCUT2D eigenvalue weighted by atomic mass is 79.9. The first-order chi connectivity index (χ1) is 7.34. The normalized spacial score (nSPS) is 19.0. The van der Waals surface area contributed by atoms with Crippen LogP contribution >= 0.6 is 15.9 Å². The van der Waals surface area contributed by atoms with Crippen LogP contribution in [0.2, 0.25) is 0 Å². The van der Waals surface area contributed by atoms with Crippen molar-refractivity contribution in [3.63, 3.8) is 0 Å². The van der Waals surface area contributed by atoms with Crippen LogP contribution in [0.5, 0.6) is 0 Å². The third kappa shape index (κ3) is 3.65. The van der Waals surface area contributed by atoms with Crippen LogP contribution in [0.1, 0.15) is 44.1 Å². The zero-order valence-corrected chi connectivity index (χ0v) is 10.5. The van der Waals surface area contributed by atoms with Crippen molar-refractivity contribution in [2.75, 3.05) is 0 Å². The number of halogens is 1. The van der Waals surface area contributed by atoms with Crippen LogP contribution in [0.3, 0.4) is 0 Å². The minimum Gasteiger partial charge on any atom is -0.457 e. The van der Waals surface area contributed by atoms with Gasteiger partial charge in [-0.3, -0.25) is 0 Å². The summed E-state index contributed by atoms with van der Waals surface area (Å²) >= 11 is 3.29. The van der Waals surface area contributed by atoms with Crippen molar-refractivity contribution in [2.45, 2.75) is 51.2 Å². The monoisotopic (exact) mass is 272 g/mol. The minimum atomic E-state index is 0.459. The summed E-state index contributed by atoms with van der Waals surface area (Å²) in [6.45, 7) is 0.680. The van der Waals surface area contributed by atoms with Gasteiger partial charge < -0.3 is 9.15 Å². The van der Waals surface area contributed by atoms with E-state index in [4.69, 9.17) is 9.15 Å². The fourth-order valence-electron chi connectivity index (χ4n) is 2.04. The number of hydrogen-bond acceptors (Lipinski definition) is 2. The number of furan rings is 1. The van der Waals surface area contributed by atoms with Gasteiger partial charge in [0, 0.05) is 5.56 Å². The quantitative estimate of drug-likeness (QED) is 0.767. The Kier molecular flexibility index (Phi) is 4.27. The summed E-state index contributed by atoms with van der Waals surface area (Å²) in [6, 6.07) is 1.97. The molecule has 0 atom stereocenters. The van der Waals surface area contributed by atoms with E-state index in [9.17, 15) is 0 Å². The molecule has 2 rings (SSSR count). The topological polar surface area (TPSA) is 22.4 Å². The predicted molar refractivity (Wildman–Crippen MR) is 62.7 cm³/mol. The Morgan fingerprint density at radius 3 is 2.60 bits per heavy atom. The number of ether oxygens (including phenoxy) is 1. The second kappa shape index (κ2) is 5.71. The van der Waals surface area contributed by atoms with E-state index in [0.29, 0.717) is 12.7 Å². The molecule has 84 valence electrons. The molecule has 1 aromatic rings. The average molecular weight is 273 g/mol. The molecule has 1 aromatic heterocycles. The van der Waals surface area contributed by atoms with Gasteiger partial charge in [0.15, 0.2) is 4.67 Å². The van der Waals surface area contributed by atoms with E-state index in [0.717, 1.165) is 10.2 Å². The third-order valence-corrected chi connectivity index (χ3v) is 3.33. The second-order valence-electron chi connectivity index (χ2n) is 4.18. The molecule has 0 aromatic carbocycles. The van der Waals surface area contributed by atoms with E-state index in [-0.39, 0.29) is 0 Å². The smallest absolute Gasteiger partial charge is 0.169 e. The van der Waals surface area contributed by atoms with Gasteiger partial charge in [-0.1, -0.05) is 25.7 Å². The van der Waals surface area contributed by atoms with Gasteiger partial charge in [0.25, 0.3) is 0 Å². The van der Waals surface area contributed by atoms with Gasteiger partial charge in [-0.15, -0.1) is 0 Å². The van der Waals surface area contributed by atoms with Crippen LogP contribution in [-0.4, -0.2) is 6.10 Å². The van der Waals surface area contributed by atoms with E-state index in [1.165, 1.54) is 38.5 Å². The molecule has 1 aliphatic carbocycles. The zero-order valence-electron chi connectivity index (χ0n) is 8.88. The summed E-state index contributed by atoms with van der Waals surface area (Å²) in [6.07, 6.45) is 10.0. The van der Waals surface area contributed by atoms with Gasteiger partial charge in [-0.05, 0) is 34.8 Å². The van der Waals surface area contributed by atoms with Crippen LogP contribution in [0, 0.1) is 0 Å². The van der Waals surface area contributed by atoms with Crippen LogP contribution in [0.4, 0.5) is 0 Å². The molecular weight excluding hydrogens is 256 g/mol. The average Bonchev–Trinajstić information content (AvgIpc) is 2.52. The highest BCUT2D eigenvalue weighted by Crippen LogP contribution is 2.22. The Balaban J connectivity index is 1.76. The Morgan fingerprint density at radius 1 is 1.27 bits per heavy atom. The van der Waals surface area contributed by atoms with Gasteiger partial charge in [-0.2, -0.15) is 0 Å². The molecular formula is C12H17BrO2. The first-order valence-electron chi connectivity index (χ1n) is 5.69. The number of hydrogen-bond donors (Lipinski definition) is 0. The molecule has 0 radical (unpaired) electrons. The Bertz CT molecular complexity index is 288. The second-order valence-corrected chi connectivity index (χ2v) is 4.97. The molecule has 0 aliphatic heterocycles. The van der Waals surface area contributed by atoms with Crippen molar-refractivity contribution in [2.24, 2.45) is 0 Å². The molecule has 2 nitrogen and oxygen atoms in total. The lowest BCUT2D eigenvalue weighted by Gasteiger charge is -2.14. The first-order valence-corrected chi connectivity index (χ1v) is 6.48. The van der Waals surface area contributed by atoms with Crippen LogP contribution in [0.15, 0.2) is 21.4 Å². The summed E-state index contributed by atoms with van der Waals surface area (Å²) in [4.78, 5) is 0. The molecule has 3 heteroatoms. The van der Waals surface area contributed by atoms with Gasteiger partial charge in [0.05, 0.1) is 19.0 Å². The maximum Gasteiger partial charge on any atom is 0.169 e. The predicted octanol–water partition coefficient (Wildman–Crippen LogP) is 4.28. The summed E-state index contributed by atoms with van der Waals surface area (Å²) < 4.78 is 11.8. The van der Waals surface area contributed by atoms with Crippen molar-refractivity contribution in [3.8, 4) is 0 Å².